The number of methoxy groups -OCH3 is 1. The molecule has 4 N–H and O–H groups in total. The number of aryl methyl sites for hydroxylation is 2. The number of carbonyl (C=O) groups is 1. The van der Waals surface area contributed by atoms with Gasteiger partial charge in [-0.05, 0) is 67.9 Å². The molecule has 0 atom stereocenters. The van der Waals surface area contributed by atoms with Crippen LogP contribution in [0.1, 0.15) is 36.8 Å². The fourth-order valence-corrected chi connectivity index (χ4v) is 7.90. The van der Waals surface area contributed by atoms with Crippen LogP contribution in [0.3, 0.4) is 0 Å². The minimum Gasteiger partial charge on any atom is -0.496 e. The first kappa shape index (κ1) is 35.3. The van der Waals surface area contributed by atoms with Crippen LogP contribution in [0, 0.1) is 25.5 Å². The summed E-state index contributed by atoms with van der Waals surface area (Å²) in [6, 6.07) is 30.2. The lowest BCUT2D eigenvalue weighted by atomic mass is 10.1. The van der Waals surface area contributed by atoms with Gasteiger partial charge >= 0.3 is 0 Å². The Morgan fingerprint density at radius 3 is 1.83 bits per heavy atom. The highest BCUT2D eigenvalue weighted by atomic mass is 32.1. The second-order valence-corrected chi connectivity index (χ2v) is 14.5. The molecule has 0 aliphatic carbocycles. The molecule has 4 aromatic carbocycles. The van der Waals surface area contributed by atoms with E-state index in [0.717, 1.165) is 43.4 Å². The van der Waals surface area contributed by atoms with Crippen molar-refractivity contribution in [1.82, 2.24) is 19.9 Å². The Balaban J connectivity index is 0.000000164. The number of thiophene rings is 2. The zero-order valence-corrected chi connectivity index (χ0v) is 30.5. The lowest BCUT2D eigenvalue weighted by Crippen LogP contribution is -2.01. The summed E-state index contributed by atoms with van der Waals surface area (Å²) < 4.78 is 32.1. The molecule has 8 rings (SSSR count). The van der Waals surface area contributed by atoms with Crippen molar-refractivity contribution in [3.8, 4) is 28.5 Å². The van der Waals surface area contributed by atoms with Crippen LogP contribution in [0.4, 0.5) is 20.4 Å². The third-order valence-electron chi connectivity index (χ3n) is 8.32. The van der Waals surface area contributed by atoms with Crippen LogP contribution >= 0.6 is 22.7 Å². The standard InChI is InChI=1S/C21H17N3O2S.C20H15F2N3S/c1-12-6-5-7-13(10-12)20-23-19(22)15-11-17(27-21(15)24-20)18(25)14-8-3-4-9-16(14)26-2;1-11-3-2-4-13(5-11)19-24-18(23)17-10-16(26-20(17)25-19)8-12-6-14(21)9-15(22)7-12/h3-11H,1-2H3,(H2,22,23,24);2-7,9-10H,8H2,1H3,(H2,23,24,25). The maximum absolute atomic E-state index is 13.4. The number of anilines is 2. The van der Waals surface area contributed by atoms with Crippen LogP contribution in [-0.4, -0.2) is 32.8 Å². The van der Waals surface area contributed by atoms with Gasteiger partial charge in [-0.2, -0.15) is 0 Å². The number of hydrogen-bond donors (Lipinski definition) is 2. The number of rotatable bonds is 7. The molecule has 0 saturated heterocycles. The van der Waals surface area contributed by atoms with E-state index < -0.39 is 11.6 Å². The van der Waals surface area contributed by atoms with Gasteiger partial charge in [-0.1, -0.05) is 59.7 Å². The molecule has 0 unspecified atom stereocenters. The summed E-state index contributed by atoms with van der Waals surface area (Å²) in [6.45, 7) is 4.02. The fourth-order valence-electron chi connectivity index (χ4n) is 5.84. The molecule has 12 heteroatoms. The van der Waals surface area contributed by atoms with E-state index in [1.54, 1.807) is 25.3 Å². The van der Waals surface area contributed by atoms with Gasteiger partial charge in [-0.25, -0.2) is 28.7 Å². The lowest BCUT2D eigenvalue weighted by Gasteiger charge is -2.05. The van der Waals surface area contributed by atoms with Gasteiger partial charge in [0.2, 0.25) is 5.78 Å². The molecular weight excluding hydrogens is 711 g/mol. The monoisotopic (exact) mass is 742 g/mol. The summed E-state index contributed by atoms with van der Waals surface area (Å²) >= 11 is 2.77. The van der Waals surface area contributed by atoms with E-state index in [4.69, 9.17) is 16.2 Å². The van der Waals surface area contributed by atoms with Gasteiger partial charge in [-0.15, -0.1) is 22.7 Å². The molecule has 53 heavy (non-hydrogen) atoms. The van der Waals surface area contributed by atoms with E-state index in [9.17, 15) is 13.6 Å². The van der Waals surface area contributed by atoms with Crippen molar-refractivity contribution in [1.29, 1.82) is 0 Å². The van der Waals surface area contributed by atoms with Crippen molar-refractivity contribution in [2.24, 2.45) is 0 Å². The first-order valence-electron chi connectivity index (χ1n) is 16.4. The fraction of sp³-hybridized carbons (Fsp3) is 0.0976. The topological polar surface area (TPSA) is 130 Å². The van der Waals surface area contributed by atoms with Gasteiger partial charge in [0, 0.05) is 28.5 Å². The summed E-state index contributed by atoms with van der Waals surface area (Å²) in [5.41, 5.74) is 17.4. The third kappa shape index (κ3) is 7.74. The van der Waals surface area contributed by atoms with Crippen LogP contribution in [-0.2, 0) is 6.42 Å². The van der Waals surface area contributed by atoms with Crippen LogP contribution in [0.5, 0.6) is 5.75 Å². The van der Waals surface area contributed by atoms with Gasteiger partial charge in [0.05, 0.1) is 28.3 Å². The average molecular weight is 743 g/mol. The molecular formula is C41H32F2N6O2S2. The summed E-state index contributed by atoms with van der Waals surface area (Å²) in [7, 11) is 1.55. The quantitative estimate of drug-likeness (QED) is 0.155. The molecule has 0 saturated carbocycles. The number of ketones is 1. The summed E-state index contributed by atoms with van der Waals surface area (Å²) in [5.74, 6) is 1.16. The van der Waals surface area contributed by atoms with Gasteiger partial charge in [0.1, 0.15) is 38.7 Å². The van der Waals surface area contributed by atoms with Gasteiger partial charge in [0.15, 0.2) is 11.6 Å². The number of nitrogen functional groups attached to an aromatic ring is 2. The molecule has 0 fully saturated rings. The van der Waals surface area contributed by atoms with Crippen molar-refractivity contribution in [2.45, 2.75) is 20.3 Å². The zero-order valence-electron chi connectivity index (χ0n) is 28.9. The van der Waals surface area contributed by atoms with Crippen molar-refractivity contribution >= 4 is 60.5 Å². The third-order valence-corrected chi connectivity index (χ3v) is 10.4. The Morgan fingerprint density at radius 1 is 0.679 bits per heavy atom. The molecule has 0 spiro atoms. The van der Waals surface area contributed by atoms with Crippen molar-refractivity contribution in [3.05, 3.63) is 147 Å². The second-order valence-electron chi connectivity index (χ2n) is 12.3. The summed E-state index contributed by atoms with van der Waals surface area (Å²) in [6.07, 6.45) is 0.412. The lowest BCUT2D eigenvalue weighted by molar-refractivity contribution is 0.103. The average Bonchev–Trinajstić information content (AvgIpc) is 3.76. The highest BCUT2D eigenvalue weighted by Crippen LogP contribution is 2.34. The first-order valence-corrected chi connectivity index (χ1v) is 18.1. The Morgan fingerprint density at radius 2 is 1.25 bits per heavy atom. The van der Waals surface area contributed by atoms with Crippen molar-refractivity contribution in [3.63, 3.8) is 0 Å². The summed E-state index contributed by atoms with van der Waals surface area (Å²) in [4.78, 5) is 34.0. The number of ether oxygens (including phenoxy) is 1. The van der Waals surface area contributed by atoms with E-state index in [2.05, 4.69) is 19.9 Å². The predicted molar refractivity (Wildman–Crippen MR) is 210 cm³/mol. The van der Waals surface area contributed by atoms with E-state index in [0.29, 0.717) is 61.7 Å². The first-order chi connectivity index (χ1) is 25.5. The van der Waals surface area contributed by atoms with E-state index in [-0.39, 0.29) is 5.78 Å². The number of benzene rings is 4. The van der Waals surface area contributed by atoms with Crippen LogP contribution in [0.25, 0.3) is 43.2 Å². The Kier molecular flexibility index (Phi) is 9.90. The molecule has 4 aromatic heterocycles. The number of carbonyl (C=O) groups excluding carboxylic acids is 1. The molecule has 0 bridgehead atoms. The Hall–Kier alpha value is -6.11. The van der Waals surface area contributed by atoms with Crippen LogP contribution in [0.15, 0.2) is 103 Å². The molecule has 4 heterocycles. The Labute approximate surface area is 311 Å². The normalized spacial score (nSPS) is 11.0. The number of hydrogen-bond acceptors (Lipinski definition) is 10. The second kappa shape index (κ2) is 14.9. The molecule has 0 radical (unpaired) electrons. The number of nitrogens with zero attached hydrogens (tertiary/aromatic N) is 4. The van der Waals surface area contributed by atoms with E-state index in [1.165, 1.54) is 34.8 Å². The Bertz CT molecular complexity index is 2640. The van der Waals surface area contributed by atoms with Gasteiger partial charge in [-0.3, -0.25) is 4.79 Å². The minimum absolute atomic E-state index is 0.119. The molecule has 0 aliphatic rings. The number of fused-ring (bicyclic) bond motifs is 2. The largest absolute Gasteiger partial charge is 0.496 e. The molecule has 0 amide bonds. The predicted octanol–water partition coefficient (Wildman–Crippen LogP) is 9.61. The molecule has 264 valence electrons. The maximum Gasteiger partial charge on any atom is 0.206 e. The van der Waals surface area contributed by atoms with Gasteiger partial charge in [0.25, 0.3) is 0 Å². The number of para-hydroxylation sites is 1. The smallest absolute Gasteiger partial charge is 0.206 e. The number of aromatic nitrogens is 4. The van der Waals surface area contributed by atoms with Crippen LogP contribution in [0.2, 0.25) is 0 Å². The summed E-state index contributed by atoms with van der Waals surface area (Å²) in [5, 5.41) is 1.45. The molecule has 8 nitrogen and oxygen atoms in total. The number of nitrogens with two attached hydrogens (primary N) is 2. The van der Waals surface area contributed by atoms with Crippen LogP contribution < -0.4 is 16.2 Å². The highest BCUT2D eigenvalue weighted by molar-refractivity contribution is 7.20. The van der Waals surface area contributed by atoms with Gasteiger partial charge < -0.3 is 16.2 Å². The van der Waals surface area contributed by atoms with Crippen molar-refractivity contribution < 1.29 is 18.3 Å². The number of halogens is 2. The highest BCUT2D eigenvalue weighted by Gasteiger charge is 2.19. The molecule has 8 aromatic rings. The molecule has 0 aliphatic heterocycles. The van der Waals surface area contributed by atoms with E-state index >= 15 is 0 Å². The maximum atomic E-state index is 13.4. The van der Waals surface area contributed by atoms with Crippen molar-refractivity contribution in [2.75, 3.05) is 18.6 Å². The zero-order chi connectivity index (χ0) is 37.2. The SMILES string of the molecule is COc1ccccc1C(=O)c1cc2c(N)nc(-c3cccc(C)c3)nc2s1.Cc1cccc(-c2nc(N)c3cc(Cc4cc(F)cc(F)c4)sc3n2)c1. The van der Waals surface area contributed by atoms with E-state index in [1.807, 2.05) is 80.6 Å². The minimum atomic E-state index is -0.581.